The van der Waals surface area contributed by atoms with Crippen LogP contribution in [-0.4, -0.2) is 16.9 Å². The number of nitrogens with zero attached hydrogens (tertiary/aromatic N) is 2. The van der Waals surface area contributed by atoms with E-state index in [4.69, 9.17) is 10.5 Å². The van der Waals surface area contributed by atoms with Crippen LogP contribution in [0.2, 0.25) is 0 Å². The number of methoxy groups -OCH3 is 1. The maximum atomic E-state index is 12.0. The maximum Gasteiger partial charge on any atom is 0.205 e. The molecule has 0 aliphatic rings. The molecule has 0 bridgehead atoms. The number of nitrogens with two attached hydrogens (primary N) is 1. The number of ether oxygens (including phenoxy) is 1. The van der Waals surface area contributed by atoms with Gasteiger partial charge in [0.2, 0.25) is 5.43 Å². The molecule has 0 spiro atoms. The van der Waals surface area contributed by atoms with Gasteiger partial charge in [-0.05, 0) is 32.9 Å². The van der Waals surface area contributed by atoms with Crippen molar-refractivity contribution in [2.24, 2.45) is 5.73 Å². The SMILES string of the molecule is COc1ccccc1-n1nc(C(C)(C)N)c(=O)cc1C. The molecule has 20 heavy (non-hydrogen) atoms. The highest BCUT2D eigenvalue weighted by Crippen LogP contribution is 2.22. The molecule has 1 aromatic heterocycles. The normalized spacial score (nSPS) is 11.4. The molecule has 2 rings (SSSR count). The number of hydrogen-bond acceptors (Lipinski definition) is 4. The van der Waals surface area contributed by atoms with E-state index in [1.54, 1.807) is 31.7 Å². The fraction of sp³-hybridized carbons (Fsp3) is 0.333. The second-order valence-electron chi connectivity index (χ2n) is 5.30. The highest BCUT2D eigenvalue weighted by molar-refractivity contribution is 5.46. The van der Waals surface area contributed by atoms with Crippen molar-refractivity contribution in [1.82, 2.24) is 9.78 Å². The molecular weight excluding hydrogens is 254 g/mol. The summed E-state index contributed by atoms with van der Waals surface area (Å²) in [6.07, 6.45) is 0. The van der Waals surface area contributed by atoms with Crippen molar-refractivity contribution in [2.45, 2.75) is 26.3 Å². The minimum absolute atomic E-state index is 0.152. The molecule has 5 heteroatoms. The van der Waals surface area contributed by atoms with Crippen molar-refractivity contribution >= 4 is 0 Å². The summed E-state index contributed by atoms with van der Waals surface area (Å²) in [5, 5.41) is 4.42. The zero-order chi connectivity index (χ0) is 14.9. The summed E-state index contributed by atoms with van der Waals surface area (Å²) in [5.41, 5.74) is 6.90. The van der Waals surface area contributed by atoms with Gasteiger partial charge < -0.3 is 10.5 Å². The first-order valence-corrected chi connectivity index (χ1v) is 6.38. The zero-order valence-electron chi connectivity index (χ0n) is 12.2. The predicted molar refractivity (Wildman–Crippen MR) is 78.3 cm³/mol. The fourth-order valence-corrected chi connectivity index (χ4v) is 2.04. The van der Waals surface area contributed by atoms with Crippen LogP contribution >= 0.6 is 0 Å². The molecule has 1 heterocycles. The van der Waals surface area contributed by atoms with Crippen molar-refractivity contribution < 1.29 is 4.74 Å². The lowest BCUT2D eigenvalue weighted by atomic mass is 10.0. The van der Waals surface area contributed by atoms with E-state index in [0.29, 0.717) is 11.4 Å². The van der Waals surface area contributed by atoms with Crippen molar-refractivity contribution in [3.63, 3.8) is 0 Å². The van der Waals surface area contributed by atoms with Crippen molar-refractivity contribution in [2.75, 3.05) is 7.11 Å². The van der Waals surface area contributed by atoms with Crippen molar-refractivity contribution in [3.05, 3.63) is 51.9 Å². The Balaban J connectivity index is 2.72. The third-order valence-electron chi connectivity index (χ3n) is 3.03. The number of aromatic nitrogens is 2. The van der Waals surface area contributed by atoms with E-state index in [1.807, 2.05) is 31.2 Å². The molecule has 0 amide bonds. The molecule has 0 saturated heterocycles. The third kappa shape index (κ3) is 2.58. The van der Waals surface area contributed by atoms with Crippen LogP contribution in [-0.2, 0) is 5.54 Å². The van der Waals surface area contributed by atoms with Crippen LogP contribution in [0.4, 0.5) is 0 Å². The van der Waals surface area contributed by atoms with E-state index in [1.165, 1.54) is 0 Å². The lowest BCUT2D eigenvalue weighted by Crippen LogP contribution is -2.37. The van der Waals surface area contributed by atoms with Gasteiger partial charge in [0.05, 0.1) is 12.6 Å². The number of aryl methyl sites for hydroxylation is 1. The molecule has 106 valence electrons. The number of rotatable bonds is 3. The summed E-state index contributed by atoms with van der Waals surface area (Å²) >= 11 is 0. The van der Waals surface area contributed by atoms with E-state index in [-0.39, 0.29) is 5.43 Å². The van der Waals surface area contributed by atoms with Crippen LogP contribution in [0.25, 0.3) is 5.69 Å². The summed E-state index contributed by atoms with van der Waals surface area (Å²) < 4.78 is 7.02. The molecule has 0 unspecified atom stereocenters. The Hall–Kier alpha value is -2.14. The fourth-order valence-electron chi connectivity index (χ4n) is 2.04. The molecule has 5 nitrogen and oxygen atoms in total. The Labute approximate surface area is 118 Å². The summed E-state index contributed by atoms with van der Waals surface area (Å²) in [7, 11) is 1.60. The summed E-state index contributed by atoms with van der Waals surface area (Å²) in [6.45, 7) is 5.35. The van der Waals surface area contributed by atoms with E-state index < -0.39 is 5.54 Å². The Morgan fingerprint density at radius 2 is 1.95 bits per heavy atom. The second kappa shape index (κ2) is 5.09. The monoisotopic (exact) mass is 273 g/mol. The van der Waals surface area contributed by atoms with E-state index in [2.05, 4.69) is 5.10 Å². The van der Waals surface area contributed by atoms with Gasteiger partial charge in [-0.1, -0.05) is 12.1 Å². The van der Waals surface area contributed by atoms with E-state index in [9.17, 15) is 4.79 Å². The molecule has 0 saturated carbocycles. The number of hydrogen-bond donors (Lipinski definition) is 1. The smallest absolute Gasteiger partial charge is 0.205 e. The van der Waals surface area contributed by atoms with Crippen LogP contribution in [0, 0.1) is 6.92 Å². The van der Waals surface area contributed by atoms with Crippen molar-refractivity contribution in [1.29, 1.82) is 0 Å². The zero-order valence-corrected chi connectivity index (χ0v) is 12.2. The molecule has 2 aromatic rings. The summed E-state index contributed by atoms with van der Waals surface area (Å²) in [6, 6.07) is 9.06. The van der Waals surface area contributed by atoms with Crippen LogP contribution in [0.3, 0.4) is 0 Å². The molecule has 0 fully saturated rings. The molecule has 2 N–H and O–H groups in total. The summed E-state index contributed by atoms with van der Waals surface area (Å²) in [5.74, 6) is 0.688. The van der Waals surface area contributed by atoms with E-state index in [0.717, 1.165) is 11.4 Å². The van der Waals surface area contributed by atoms with Gasteiger partial charge in [0.15, 0.2) is 0 Å². The Bertz CT molecular complexity index is 684. The van der Waals surface area contributed by atoms with Gasteiger partial charge in [-0.25, -0.2) is 4.68 Å². The molecule has 0 radical (unpaired) electrons. The topological polar surface area (TPSA) is 70.1 Å². The minimum Gasteiger partial charge on any atom is -0.494 e. The van der Waals surface area contributed by atoms with Crippen LogP contribution < -0.4 is 15.9 Å². The number of benzene rings is 1. The highest BCUT2D eigenvalue weighted by Gasteiger charge is 2.22. The lowest BCUT2D eigenvalue weighted by molar-refractivity contribution is 0.410. The Morgan fingerprint density at radius 3 is 2.55 bits per heavy atom. The molecule has 0 aliphatic carbocycles. The van der Waals surface area contributed by atoms with Gasteiger partial charge in [-0.3, -0.25) is 4.79 Å². The first kappa shape index (κ1) is 14.3. The van der Waals surface area contributed by atoms with Gasteiger partial charge >= 0.3 is 0 Å². The molecule has 1 aromatic carbocycles. The Kier molecular flexibility index (Phi) is 3.63. The van der Waals surface area contributed by atoms with E-state index >= 15 is 0 Å². The molecular formula is C15H19N3O2. The van der Waals surface area contributed by atoms with Gasteiger partial charge in [-0.2, -0.15) is 5.10 Å². The van der Waals surface area contributed by atoms with Crippen LogP contribution in [0.1, 0.15) is 25.2 Å². The van der Waals surface area contributed by atoms with Gasteiger partial charge in [0.1, 0.15) is 17.1 Å². The van der Waals surface area contributed by atoms with Crippen LogP contribution in [0.5, 0.6) is 5.75 Å². The van der Waals surface area contributed by atoms with Crippen molar-refractivity contribution in [3.8, 4) is 11.4 Å². The second-order valence-corrected chi connectivity index (χ2v) is 5.30. The van der Waals surface area contributed by atoms with Gasteiger partial charge in [0, 0.05) is 11.8 Å². The molecule has 0 atom stereocenters. The maximum absolute atomic E-state index is 12.0. The van der Waals surface area contributed by atoms with Gasteiger partial charge in [-0.15, -0.1) is 0 Å². The highest BCUT2D eigenvalue weighted by atomic mass is 16.5. The largest absolute Gasteiger partial charge is 0.494 e. The first-order valence-electron chi connectivity index (χ1n) is 6.38. The first-order chi connectivity index (χ1) is 9.34. The third-order valence-corrected chi connectivity index (χ3v) is 3.03. The number of para-hydroxylation sites is 2. The average molecular weight is 273 g/mol. The lowest BCUT2D eigenvalue weighted by Gasteiger charge is -2.20. The summed E-state index contributed by atoms with van der Waals surface area (Å²) in [4.78, 5) is 12.0. The predicted octanol–water partition coefficient (Wildman–Crippen LogP) is 1.74. The standard InChI is InChI=1S/C15H19N3O2/c1-10-9-12(19)14(15(2,3)16)17-18(10)11-7-5-6-8-13(11)20-4/h5-9H,16H2,1-4H3. The quantitative estimate of drug-likeness (QED) is 0.924. The van der Waals surface area contributed by atoms with Gasteiger partial charge in [0.25, 0.3) is 0 Å². The van der Waals surface area contributed by atoms with Crippen LogP contribution in [0.15, 0.2) is 35.1 Å². The Morgan fingerprint density at radius 1 is 1.30 bits per heavy atom. The minimum atomic E-state index is -0.797. The molecule has 0 aliphatic heterocycles. The average Bonchev–Trinajstić information content (AvgIpc) is 2.37.